The summed E-state index contributed by atoms with van der Waals surface area (Å²) in [6.45, 7) is 11.4. The van der Waals surface area contributed by atoms with Crippen LogP contribution in [0.2, 0.25) is 5.28 Å². The summed E-state index contributed by atoms with van der Waals surface area (Å²) in [5.74, 6) is 0.800. The molecule has 1 amide bonds. The Balaban J connectivity index is 2.05. The molecule has 0 saturated carbocycles. The summed E-state index contributed by atoms with van der Waals surface area (Å²) in [4.78, 5) is 24.4. The van der Waals surface area contributed by atoms with Crippen LogP contribution in [0.25, 0.3) is 0 Å². The molecular formula is C15H23ClN4O2. The standard InChI is InChI=1S/C15H23ClN4O2/c1-10-8-12(18-13(16)17-10)20-7-6-19(9-11(20)2)14(21)22-15(3,4)5/h8,11H,6-7,9H2,1-5H3/t11-/m0/s1. The van der Waals surface area contributed by atoms with Crippen molar-refractivity contribution in [1.29, 1.82) is 0 Å². The van der Waals surface area contributed by atoms with E-state index in [0.717, 1.165) is 11.5 Å². The van der Waals surface area contributed by atoms with Crippen molar-refractivity contribution < 1.29 is 9.53 Å². The molecule has 0 spiro atoms. The molecule has 0 unspecified atom stereocenters. The van der Waals surface area contributed by atoms with E-state index in [0.29, 0.717) is 19.6 Å². The van der Waals surface area contributed by atoms with Gasteiger partial charge in [0.1, 0.15) is 11.4 Å². The third-order valence-electron chi connectivity index (χ3n) is 3.39. The van der Waals surface area contributed by atoms with Crippen LogP contribution in [0, 0.1) is 6.92 Å². The number of amides is 1. The molecule has 0 N–H and O–H groups in total. The molecule has 1 aromatic heterocycles. The van der Waals surface area contributed by atoms with Crippen LogP contribution >= 0.6 is 11.6 Å². The zero-order chi connectivity index (χ0) is 16.5. The molecule has 22 heavy (non-hydrogen) atoms. The number of carbonyl (C=O) groups excluding carboxylic acids is 1. The van der Waals surface area contributed by atoms with E-state index < -0.39 is 5.60 Å². The molecule has 6 nitrogen and oxygen atoms in total. The van der Waals surface area contributed by atoms with Gasteiger partial charge in [-0.1, -0.05) is 0 Å². The van der Waals surface area contributed by atoms with Crippen LogP contribution in [0.15, 0.2) is 6.07 Å². The van der Waals surface area contributed by atoms with Gasteiger partial charge in [-0.15, -0.1) is 0 Å². The summed E-state index contributed by atoms with van der Waals surface area (Å²) in [7, 11) is 0. The monoisotopic (exact) mass is 326 g/mol. The average molecular weight is 327 g/mol. The highest BCUT2D eigenvalue weighted by molar-refractivity contribution is 6.28. The maximum absolute atomic E-state index is 12.1. The number of hydrogen-bond donors (Lipinski definition) is 0. The summed E-state index contributed by atoms with van der Waals surface area (Å²) in [6, 6.07) is 2.04. The predicted octanol–water partition coefficient (Wildman–Crippen LogP) is 2.88. The predicted molar refractivity (Wildman–Crippen MR) is 86.4 cm³/mol. The first kappa shape index (κ1) is 16.8. The van der Waals surface area contributed by atoms with Gasteiger partial charge in [-0.05, 0) is 46.2 Å². The molecule has 1 fully saturated rings. The Morgan fingerprint density at radius 2 is 2.05 bits per heavy atom. The van der Waals surface area contributed by atoms with Crippen molar-refractivity contribution in [3.05, 3.63) is 17.0 Å². The van der Waals surface area contributed by atoms with Gasteiger partial charge in [0, 0.05) is 37.4 Å². The Morgan fingerprint density at radius 3 is 2.59 bits per heavy atom. The lowest BCUT2D eigenvalue weighted by atomic mass is 10.2. The maximum atomic E-state index is 12.1. The fraction of sp³-hybridized carbons (Fsp3) is 0.667. The second kappa shape index (κ2) is 6.28. The van der Waals surface area contributed by atoms with Gasteiger partial charge in [0.15, 0.2) is 0 Å². The number of ether oxygens (including phenoxy) is 1. The maximum Gasteiger partial charge on any atom is 0.410 e. The van der Waals surface area contributed by atoms with Gasteiger partial charge in [0.25, 0.3) is 0 Å². The first-order chi connectivity index (χ1) is 10.2. The Bertz CT molecular complexity index is 539. The molecule has 2 heterocycles. The van der Waals surface area contributed by atoms with Gasteiger partial charge in [0.05, 0.1) is 0 Å². The zero-order valence-electron chi connectivity index (χ0n) is 13.8. The van der Waals surface area contributed by atoms with Crippen molar-refractivity contribution in [3.63, 3.8) is 0 Å². The molecule has 122 valence electrons. The highest BCUT2D eigenvalue weighted by atomic mass is 35.5. The lowest BCUT2D eigenvalue weighted by Crippen LogP contribution is -2.54. The number of rotatable bonds is 1. The fourth-order valence-corrected chi connectivity index (χ4v) is 2.67. The first-order valence-electron chi connectivity index (χ1n) is 7.41. The molecule has 1 atom stereocenters. The van der Waals surface area contributed by atoms with Crippen LogP contribution in [0.3, 0.4) is 0 Å². The van der Waals surface area contributed by atoms with E-state index in [4.69, 9.17) is 16.3 Å². The molecule has 1 aliphatic rings. The fourth-order valence-electron chi connectivity index (χ4n) is 2.45. The molecule has 7 heteroatoms. The van der Waals surface area contributed by atoms with Crippen LogP contribution in [0.5, 0.6) is 0 Å². The van der Waals surface area contributed by atoms with Crippen molar-refractivity contribution in [1.82, 2.24) is 14.9 Å². The van der Waals surface area contributed by atoms with Gasteiger partial charge in [-0.25, -0.2) is 14.8 Å². The molecule has 0 aliphatic carbocycles. The Kier molecular flexibility index (Phi) is 4.80. The lowest BCUT2D eigenvalue weighted by Gasteiger charge is -2.40. The van der Waals surface area contributed by atoms with Gasteiger partial charge in [-0.2, -0.15) is 0 Å². The number of halogens is 1. The average Bonchev–Trinajstić information content (AvgIpc) is 2.35. The van der Waals surface area contributed by atoms with Crippen LogP contribution < -0.4 is 4.90 Å². The minimum atomic E-state index is -0.477. The molecule has 0 bridgehead atoms. The topological polar surface area (TPSA) is 58.6 Å². The van der Waals surface area contributed by atoms with Gasteiger partial charge < -0.3 is 14.5 Å². The second-order valence-corrected chi connectivity index (χ2v) is 6.94. The van der Waals surface area contributed by atoms with E-state index in [1.165, 1.54) is 0 Å². The van der Waals surface area contributed by atoms with Crippen molar-refractivity contribution in [3.8, 4) is 0 Å². The van der Waals surface area contributed by atoms with Crippen LogP contribution in [0.4, 0.5) is 10.6 Å². The number of carbonyl (C=O) groups is 1. The minimum absolute atomic E-state index is 0.131. The van der Waals surface area contributed by atoms with Gasteiger partial charge >= 0.3 is 6.09 Å². The zero-order valence-corrected chi connectivity index (χ0v) is 14.5. The SMILES string of the molecule is Cc1cc(N2CCN(C(=O)OC(C)(C)C)C[C@@H]2C)nc(Cl)n1. The number of hydrogen-bond acceptors (Lipinski definition) is 5. The highest BCUT2D eigenvalue weighted by Gasteiger charge is 2.30. The number of aromatic nitrogens is 2. The Hall–Kier alpha value is -1.56. The summed E-state index contributed by atoms with van der Waals surface area (Å²) in [6.07, 6.45) is -0.268. The Labute approximate surface area is 136 Å². The third-order valence-corrected chi connectivity index (χ3v) is 3.56. The number of anilines is 1. The normalized spacial score (nSPS) is 19.3. The third kappa shape index (κ3) is 4.22. The van der Waals surface area contributed by atoms with Gasteiger partial charge in [0.2, 0.25) is 5.28 Å². The van der Waals surface area contributed by atoms with Crippen molar-refractivity contribution in [2.24, 2.45) is 0 Å². The molecule has 2 rings (SSSR count). The largest absolute Gasteiger partial charge is 0.444 e. The molecule has 1 aromatic rings. The van der Waals surface area contributed by atoms with E-state index in [1.807, 2.05) is 33.8 Å². The second-order valence-electron chi connectivity index (χ2n) is 6.61. The van der Waals surface area contributed by atoms with Crippen molar-refractivity contribution in [2.45, 2.75) is 46.3 Å². The minimum Gasteiger partial charge on any atom is -0.444 e. The smallest absolute Gasteiger partial charge is 0.410 e. The van der Waals surface area contributed by atoms with Crippen LogP contribution in [-0.2, 0) is 4.74 Å². The number of aryl methyl sites for hydroxylation is 1. The molecular weight excluding hydrogens is 304 g/mol. The number of piperazine rings is 1. The molecule has 0 radical (unpaired) electrons. The summed E-state index contributed by atoms with van der Waals surface area (Å²) < 4.78 is 5.43. The summed E-state index contributed by atoms with van der Waals surface area (Å²) >= 11 is 5.94. The van der Waals surface area contributed by atoms with Crippen LogP contribution in [-0.4, -0.2) is 52.2 Å². The van der Waals surface area contributed by atoms with Crippen molar-refractivity contribution >= 4 is 23.5 Å². The lowest BCUT2D eigenvalue weighted by molar-refractivity contribution is 0.0218. The molecule has 0 aromatic carbocycles. The Morgan fingerprint density at radius 1 is 1.36 bits per heavy atom. The van der Waals surface area contributed by atoms with Crippen molar-refractivity contribution in [2.75, 3.05) is 24.5 Å². The van der Waals surface area contributed by atoms with E-state index >= 15 is 0 Å². The summed E-state index contributed by atoms with van der Waals surface area (Å²) in [5, 5.41) is 0.247. The highest BCUT2D eigenvalue weighted by Crippen LogP contribution is 2.21. The van der Waals surface area contributed by atoms with E-state index in [-0.39, 0.29) is 17.4 Å². The van der Waals surface area contributed by atoms with Gasteiger partial charge in [-0.3, -0.25) is 0 Å². The van der Waals surface area contributed by atoms with E-state index in [9.17, 15) is 4.79 Å². The first-order valence-corrected chi connectivity index (χ1v) is 7.79. The quantitative estimate of drug-likeness (QED) is 0.743. The molecule has 1 saturated heterocycles. The van der Waals surface area contributed by atoms with E-state index in [2.05, 4.69) is 21.8 Å². The van der Waals surface area contributed by atoms with E-state index in [1.54, 1.807) is 4.90 Å². The summed E-state index contributed by atoms with van der Waals surface area (Å²) in [5.41, 5.74) is 0.353. The molecule has 1 aliphatic heterocycles. The number of nitrogens with zero attached hydrogens (tertiary/aromatic N) is 4. The van der Waals surface area contributed by atoms with Crippen LogP contribution in [0.1, 0.15) is 33.4 Å².